The molecule has 29 heavy (non-hydrogen) atoms. The molecule has 152 valence electrons. The van der Waals surface area contributed by atoms with E-state index in [0.29, 0.717) is 4.91 Å². The van der Waals surface area contributed by atoms with Gasteiger partial charge in [0.2, 0.25) is 5.91 Å². The molecule has 0 spiro atoms. The molecule has 2 aliphatic rings. The van der Waals surface area contributed by atoms with Crippen LogP contribution in [0.5, 0.6) is 0 Å². The lowest BCUT2D eigenvalue weighted by molar-refractivity contribution is -0.407. The number of nitrogens with one attached hydrogen (secondary N) is 1. The highest BCUT2D eigenvalue weighted by Gasteiger charge is 2.47. The van der Waals surface area contributed by atoms with E-state index in [1.807, 2.05) is 0 Å². The highest BCUT2D eigenvalue weighted by molar-refractivity contribution is 8.03. The van der Waals surface area contributed by atoms with Gasteiger partial charge in [0.05, 0.1) is 25.4 Å². The molecule has 0 saturated heterocycles. The number of alkyl halides is 3. The first-order chi connectivity index (χ1) is 13.6. The first-order valence-corrected chi connectivity index (χ1v) is 9.34. The standard InChI is InChI=1S/C18H15F3N4O3S/c1-24-15-14(16(27)25(2)17(24)28)12(6-7-22-15)29-9-13(26)23-11-5-3-4-10(8-11)18(19,20)21/h3-8,14H,9H2,1-2H3/p+1. The van der Waals surface area contributed by atoms with E-state index in [0.717, 1.165) is 28.8 Å². The number of fused-ring (bicyclic) bond motifs is 1. The monoisotopic (exact) mass is 425 g/mol. The maximum absolute atomic E-state index is 12.8. The smallest absolute Gasteiger partial charge is 0.325 e. The third kappa shape index (κ3) is 4.24. The van der Waals surface area contributed by atoms with Crippen LogP contribution in [0.15, 0.2) is 40.2 Å². The lowest BCUT2D eigenvalue weighted by atomic mass is 10.0. The summed E-state index contributed by atoms with van der Waals surface area (Å²) in [6.45, 7) is 0. The van der Waals surface area contributed by atoms with Crippen LogP contribution in [-0.2, 0) is 15.8 Å². The van der Waals surface area contributed by atoms with E-state index in [1.165, 1.54) is 37.0 Å². The molecule has 2 heterocycles. The Labute approximate surface area is 168 Å². The average Bonchev–Trinajstić information content (AvgIpc) is 2.68. The number of nitrogens with zero attached hydrogens (tertiary/aromatic N) is 3. The van der Waals surface area contributed by atoms with Crippen LogP contribution in [-0.4, -0.2) is 59.2 Å². The molecular formula is C18H16F3N4O3S+. The predicted octanol–water partition coefficient (Wildman–Crippen LogP) is 2.59. The quantitative estimate of drug-likeness (QED) is 0.752. The van der Waals surface area contributed by atoms with E-state index < -0.39 is 35.5 Å². The number of hydrogen-bond acceptors (Lipinski definition) is 5. The van der Waals surface area contributed by atoms with Crippen molar-refractivity contribution in [1.29, 1.82) is 0 Å². The topological polar surface area (TPSA) is 81.8 Å². The van der Waals surface area contributed by atoms with Crippen molar-refractivity contribution in [3.63, 3.8) is 0 Å². The molecular weight excluding hydrogens is 409 g/mol. The number of carbonyl (C=O) groups excluding carboxylic acids is 3. The number of allylic oxidation sites excluding steroid dienone is 1. The van der Waals surface area contributed by atoms with Gasteiger partial charge in [0.25, 0.3) is 5.84 Å². The summed E-state index contributed by atoms with van der Waals surface area (Å²) in [5.41, 5.74) is -0.840. The van der Waals surface area contributed by atoms with Crippen molar-refractivity contribution in [3.8, 4) is 0 Å². The Hall–Kier alpha value is -2.95. The summed E-state index contributed by atoms with van der Waals surface area (Å²) in [5.74, 6) is -1.66. The maximum Gasteiger partial charge on any atom is 0.445 e. The zero-order valence-corrected chi connectivity index (χ0v) is 16.2. The summed E-state index contributed by atoms with van der Waals surface area (Å²) in [6.07, 6.45) is -1.50. The van der Waals surface area contributed by atoms with Gasteiger partial charge in [-0.05, 0) is 24.3 Å². The number of amides is 4. The van der Waals surface area contributed by atoms with Gasteiger partial charge in [0, 0.05) is 10.6 Å². The number of imide groups is 1. The summed E-state index contributed by atoms with van der Waals surface area (Å²) in [7, 11) is 2.86. The summed E-state index contributed by atoms with van der Waals surface area (Å²) in [4.78, 5) is 42.3. The van der Waals surface area contributed by atoms with Crippen LogP contribution in [0.2, 0.25) is 0 Å². The number of amidine groups is 1. The average molecular weight is 425 g/mol. The van der Waals surface area contributed by atoms with Crippen LogP contribution in [0.1, 0.15) is 5.56 Å². The summed E-state index contributed by atoms with van der Waals surface area (Å²) in [6, 6.07) is 3.82. The highest BCUT2D eigenvalue weighted by Crippen LogP contribution is 2.32. The number of thioether (sulfide) groups is 1. The molecule has 4 amide bonds. The Bertz CT molecular complexity index is 985. The van der Waals surface area contributed by atoms with Crippen molar-refractivity contribution in [2.75, 3.05) is 25.2 Å². The van der Waals surface area contributed by atoms with Gasteiger partial charge in [-0.3, -0.25) is 9.59 Å². The van der Waals surface area contributed by atoms with Gasteiger partial charge in [0.15, 0.2) is 5.92 Å². The Balaban J connectivity index is 1.69. The lowest BCUT2D eigenvalue weighted by Crippen LogP contribution is -2.52. The zero-order chi connectivity index (χ0) is 21.3. The Morgan fingerprint density at radius 3 is 2.76 bits per heavy atom. The fourth-order valence-corrected chi connectivity index (χ4v) is 3.76. The number of benzene rings is 1. The van der Waals surface area contributed by atoms with Crippen LogP contribution in [0, 0.1) is 5.92 Å². The van der Waals surface area contributed by atoms with Crippen LogP contribution >= 0.6 is 11.8 Å². The normalized spacial score (nSPS) is 19.3. The first-order valence-electron chi connectivity index (χ1n) is 8.36. The van der Waals surface area contributed by atoms with E-state index >= 15 is 0 Å². The fraction of sp³-hybridized carbons (Fsp3) is 0.278. The second-order valence-electron chi connectivity index (χ2n) is 6.29. The maximum atomic E-state index is 12.8. The van der Waals surface area contributed by atoms with E-state index in [2.05, 4.69) is 10.3 Å². The number of aliphatic imine (C=N–C) groups is 1. The second-order valence-corrected chi connectivity index (χ2v) is 7.34. The Kier molecular flexibility index (Phi) is 5.60. The van der Waals surface area contributed by atoms with E-state index in [-0.39, 0.29) is 17.3 Å². The van der Waals surface area contributed by atoms with Crippen LogP contribution in [0.25, 0.3) is 0 Å². The van der Waals surface area contributed by atoms with Crippen molar-refractivity contribution in [2.24, 2.45) is 10.9 Å². The summed E-state index contributed by atoms with van der Waals surface area (Å²) < 4.78 is 39.6. The number of hydrogen-bond donors (Lipinski definition) is 1. The van der Waals surface area contributed by atoms with Crippen molar-refractivity contribution < 1.29 is 32.1 Å². The van der Waals surface area contributed by atoms with Gasteiger partial charge in [-0.25, -0.2) is 4.79 Å². The molecule has 0 saturated carbocycles. The van der Waals surface area contributed by atoms with Gasteiger partial charge < -0.3 is 5.32 Å². The Morgan fingerprint density at radius 1 is 1.34 bits per heavy atom. The van der Waals surface area contributed by atoms with Crippen LogP contribution in [0.3, 0.4) is 0 Å². The predicted molar refractivity (Wildman–Crippen MR) is 102 cm³/mol. The minimum atomic E-state index is -4.51. The molecule has 0 fully saturated rings. The van der Waals surface area contributed by atoms with Crippen molar-refractivity contribution in [3.05, 3.63) is 40.8 Å². The minimum absolute atomic E-state index is 0.0238. The van der Waals surface area contributed by atoms with E-state index in [4.69, 9.17) is 0 Å². The molecule has 0 bridgehead atoms. The zero-order valence-electron chi connectivity index (χ0n) is 15.4. The third-order valence-corrected chi connectivity index (χ3v) is 5.44. The van der Waals surface area contributed by atoms with Crippen molar-refractivity contribution in [2.45, 2.75) is 6.18 Å². The molecule has 0 aromatic heterocycles. The molecule has 1 unspecified atom stereocenters. The van der Waals surface area contributed by atoms with Gasteiger partial charge in [0.1, 0.15) is 6.21 Å². The molecule has 1 aromatic rings. The third-order valence-electron chi connectivity index (χ3n) is 4.33. The molecule has 7 nitrogen and oxygen atoms in total. The van der Waals surface area contributed by atoms with Gasteiger partial charge in [-0.1, -0.05) is 6.07 Å². The SMILES string of the molecule is CN1C(=O)C2C(SCC(=O)Nc3cccc(C(F)(F)F)c3)=CC=NC2=[N+](C)C1=O. The van der Waals surface area contributed by atoms with E-state index in [1.54, 1.807) is 6.08 Å². The molecule has 1 N–H and O–H groups in total. The molecule has 3 rings (SSSR count). The largest absolute Gasteiger partial charge is 0.445 e. The molecule has 1 atom stereocenters. The van der Waals surface area contributed by atoms with Crippen LogP contribution in [0.4, 0.5) is 23.7 Å². The number of rotatable bonds is 4. The lowest BCUT2D eigenvalue weighted by Gasteiger charge is -2.26. The van der Waals surface area contributed by atoms with Crippen molar-refractivity contribution >= 4 is 47.3 Å². The molecule has 0 aliphatic carbocycles. The fourth-order valence-electron chi connectivity index (χ4n) is 2.86. The summed E-state index contributed by atoms with van der Waals surface area (Å²) in [5, 5.41) is 2.41. The number of urea groups is 1. The molecule has 1 aromatic carbocycles. The van der Waals surface area contributed by atoms with Crippen LogP contribution < -0.4 is 5.32 Å². The summed E-state index contributed by atoms with van der Waals surface area (Å²) >= 11 is 1.06. The molecule has 11 heteroatoms. The van der Waals surface area contributed by atoms with Gasteiger partial charge in [-0.15, -0.1) is 16.8 Å². The number of anilines is 1. The van der Waals surface area contributed by atoms with Gasteiger partial charge >= 0.3 is 18.1 Å². The second kappa shape index (κ2) is 7.82. The number of dihydropyridines is 1. The molecule has 0 radical (unpaired) electrons. The van der Waals surface area contributed by atoms with Gasteiger partial charge in [-0.2, -0.15) is 22.6 Å². The number of halogens is 3. The number of carbonyl (C=O) groups is 3. The highest BCUT2D eigenvalue weighted by atomic mass is 32.2. The molecule has 2 aliphatic heterocycles. The van der Waals surface area contributed by atoms with Crippen molar-refractivity contribution in [1.82, 2.24) is 4.90 Å². The Morgan fingerprint density at radius 2 is 2.07 bits per heavy atom. The van der Waals surface area contributed by atoms with E-state index in [9.17, 15) is 27.6 Å². The first kappa shape index (κ1) is 20.8. The minimum Gasteiger partial charge on any atom is -0.325 e.